The Hall–Kier alpha value is -2.27. The van der Waals surface area contributed by atoms with Crippen LogP contribution in [0.4, 0.5) is 0 Å². The average Bonchev–Trinajstić information content (AvgIpc) is 3.08. The number of likely N-dealkylation sites (tertiary alicyclic amines) is 1. The number of amides is 2. The summed E-state index contributed by atoms with van der Waals surface area (Å²) in [4.78, 5) is 27.3. The third-order valence-corrected chi connectivity index (χ3v) is 5.57. The Morgan fingerprint density at radius 1 is 1.15 bits per heavy atom. The van der Waals surface area contributed by atoms with Crippen LogP contribution in [0.5, 0.6) is 0 Å². The topological polar surface area (TPSA) is 62.6 Å². The first-order chi connectivity index (χ1) is 12.8. The van der Waals surface area contributed by atoms with Gasteiger partial charge in [0.1, 0.15) is 5.76 Å². The number of piperidine rings is 1. The smallest absolute Gasteiger partial charge is 0.255 e. The highest BCUT2D eigenvalue weighted by Crippen LogP contribution is 2.28. The summed E-state index contributed by atoms with van der Waals surface area (Å²) in [6, 6.07) is 9.17. The van der Waals surface area contributed by atoms with Gasteiger partial charge in [-0.3, -0.25) is 9.59 Å². The molecule has 1 aromatic carbocycles. The Morgan fingerprint density at radius 3 is 2.33 bits per heavy atom. The number of carbonyl (C=O) groups excluding carboxylic acids is 2. The van der Waals surface area contributed by atoms with E-state index in [1.165, 1.54) is 6.26 Å². The fraction of sp³-hybridized carbons (Fsp3) is 0.429. The summed E-state index contributed by atoms with van der Waals surface area (Å²) in [5.41, 5.74) is 0.898. The van der Waals surface area contributed by atoms with Crippen molar-refractivity contribution in [2.45, 2.75) is 45.1 Å². The minimum Gasteiger partial charge on any atom is -0.469 e. The first kappa shape index (κ1) is 19.5. The maximum absolute atomic E-state index is 13.1. The molecule has 1 aliphatic rings. The zero-order valence-electron chi connectivity index (χ0n) is 15.9. The van der Waals surface area contributed by atoms with E-state index >= 15 is 0 Å². The molecule has 27 heavy (non-hydrogen) atoms. The molecule has 3 rings (SSSR count). The minimum atomic E-state index is -0.616. The highest BCUT2D eigenvalue weighted by Gasteiger charge is 2.35. The van der Waals surface area contributed by atoms with Gasteiger partial charge in [0.05, 0.1) is 17.2 Å². The van der Waals surface area contributed by atoms with Gasteiger partial charge >= 0.3 is 0 Å². The lowest BCUT2D eigenvalue weighted by molar-refractivity contribution is -0.137. The van der Waals surface area contributed by atoms with Crippen molar-refractivity contribution >= 4 is 23.4 Å². The second kappa shape index (κ2) is 7.77. The number of carbonyl (C=O) groups is 2. The first-order valence-electron chi connectivity index (χ1n) is 9.19. The van der Waals surface area contributed by atoms with E-state index in [0.717, 1.165) is 18.4 Å². The fourth-order valence-electron chi connectivity index (χ4n) is 3.50. The van der Waals surface area contributed by atoms with Crippen LogP contribution in [-0.2, 0) is 10.2 Å². The van der Waals surface area contributed by atoms with E-state index in [0.29, 0.717) is 29.4 Å². The maximum atomic E-state index is 13.1. The van der Waals surface area contributed by atoms with Crippen molar-refractivity contribution in [3.63, 3.8) is 0 Å². The highest BCUT2D eigenvalue weighted by molar-refractivity contribution is 6.30. The lowest BCUT2D eigenvalue weighted by atomic mass is 9.82. The van der Waals surface area contributed by atoms with Gasteiger partial charge in [0.15, 0.2) is 0 Å². The molecule has 1 N–H and O–H groups in total. The Bertz CT molecular complexity index is 818. The van der Waals surface area contributed by atoms with Crippen molar-refractivity contribution < 1.29 is 14.0 Å². The largest absolute Gasteiger partial charge is 0.469 e. The molecular formula is C21H25ClN2O3. The summed E-state index contributed by atoms with van der Waals surface area (Å²) >= 11 is 5.96. The first-order valence-corrected chi connectivity index (χ1v) is 9.57. The second-order valence-electron chi connectivity index (χ2n) is 7.56. The number of rotatable bonds is 4. The third-order valence-electron chi connectivity index (χ3n) is 5.32. The number of furan rings is 1. The Morgan fingerprint density at radius 2 is 1.78 bits per heavy atom. The zero-order chi connectivity index (χ0) is 19.6. The molecule has 1 aromatic heterocycles. The van der Waals surface area contributed by atoms with Crippen molar-refractivity contribution in [3.05, 3.63) is 58.5 Å². The Labute approximate surface area is 164 Å². The molecule has 2 aromatic rings. The number of benzene rings is 1. The molecule has 2 heterocycles. The van der Waals surface area contributed by atoms with Crippen LogP contribution >= 0.6 is 11.6 Å². The lowest BCUT2D eigenvalue weighted by Crippen LogP contribution is -2.51. The van der Waals surface area contributed by atoms with Crippen LogP contribution < -0.4 is 5.32 Å². The van der Waals surface area contributed by atoms with Gasteiger partial charge in [0, 0.05) is 24.2 Å². The molecule has 5 nitrogen and oxygen atoms in total. The fourth-order valence-corrected chi connectivity index (χ4v) is 3.62. The molecule has 0 saturated carbocycles. The van der Waals surface area contributed by atoms with Gasteiger partial charge in [-0.1, -0.05) is 23.7 Å². The van der Waals surface area contributed by atoms with E-state index < -0.39 is 5.41 Å². The zero-order valence-corrected chi connectivity index (χ0v) is 16.7. The average molecular weight is 389 g/mol. The van der Waals surface area contributed by atoms with Crippen LogP contribution in [0.15, 0.2) is 41.0 Å². The van der Waals surface area contributed by atoms with Crippen molar-refractivity contribution in [2.24, 2.45) is 0 Å². The third kappa shape index (κ3) is 4.19. The van der Waals surface area contributed by atoms with E-state index in [1.54, 1.807) is 13.0 Å². The summed E-state index contributed by atoms with van der Waals surface area (Å²) in [6.07, 6.45) is 3.00. The summed E-state index contributed by atoms with van der Waals surface area (Å²) in [6.45, 7) is 6.91. The summed E-state index contributed by atoms with van der Waals surface area (Å²) in [7, 11) is 0. The number of aryl methyl sites for hydroxylation is 1. The molecule has 0 aliphatic carbocycles. The summed E-state index contributed by atoms with van der Waals surface area (Å²) in [5, 5.41) is 3.71. The van der Waals surface area contributed by atoms with Crippen molar-refractivity contribution in [3.8, 4) is 0 Å². The van der Waals surface area contributed by atoms with Gasteiger partial charge < -0.3 is 14.6 Å². The summed E-state index contributed by atoms with van der Waals surface area (Å²) < 4.78 is 5.19. The molecule has 1 saturated heterocycles. The molecule has 1 fully saturated rings. The van der Waals surface area contributed by atoms with Crippen molar-refractivity contribution in [2.75, 3.05) is 13.1 Å². The van der Waals surface area contributed by atoms with E-state index in [2.05, 4.69) is 5.32 Å². The maximum Gasteiger partial charge on any atom is 0.255 e. The van der Waals surface area contributed by atoms with Gasteiger partial charge in [0.2, 0.25) is 5.91 Å². The van der Waals surface area contributed by atoms with Gasteiger partial charge in [-0.2, -0.15) is 0 Å². The summed E-state index contributed by atoms with van der Waals surface area (Å²) in [5.74, 6) is 0.595. The predicted molar refractivity (Wildman–Crippen MR) is 105 cm³/mol. The molecule has 0 bridgehead atoms. The number of hydrogen-bond donors (Lipinski definition) is 1. The molecule has 0 atom stereocenters. The number of halogens is 1. The molecule has 144 valence electrons. The van der Waals surface area contributed by atoms with Gasteiger partial charge in [-0.15, -0.1) is 0 Å². The monoisotopic (exact) mass is 388 g/mol. The Kier molecular flexibility index (Phi) is 5.61. The van der Waals surface area contributed by atoms with Crippen LogP contribution in [-0.4, -0.2) is 35.8 Å². The Balaban J connectivity index is 1.58. The molecule has 2 amide bonds. The van der Waals surface area contributed by atoms with Gasteiger partial charge in [-0.05, 0) is 57.4 Å². The molecule has 1 aliphatic heterocycles. The SMILES string of the molecule is Cc1occc1C(=O)NC1CCN(C(=O)C(C)(C)c2ccc(Cl)cc2)CC1. The number of nitrogens with zero attached hydrogens (tertiary/aromatic N) is 1. The number of hydrogen-bond acceptors (Lipinski definition) is 3. The molecule has 0 radical (unpaired) electrons. The molecular weight excluding hydrogens is 364 g/mol. The van der Waals surface area contributed by atoms with Crippen LogP contribution in [0.3, 0.4) is 0 Å². The van der Waals surface area contributed by atoms with Crippen molar-refractivity contribution in [1.82, 2.24) is 10.2 Å². The minimum absolute atomic E-state index is 0.0643. The van der Waals surface area contributed by atoms with Gasteiger partial charge in [-0.25, -0.2) is 0 Å². The van der Waals surface area contributed by atoms with Crippen LogP contribution in [0.2, 0.25) is 5.02 Å². The molecule has 0 spiro atoms. The predicted octanol–water partition coefficient (Wildman–Crippen LogP) is 3.94. The lowest BCUT2D eigenvalue weighted by Gasteiger charge is -2.37. The van der Waals surface area contributed by atoms with E-state index in [4.69, 9.17) is 16.0 Å². The van der Waals surface area contributed by atoms with Crippen LogP contribution in [0, 0.1) is 6.92 Å². The van der Waals surface area contributed by atoms with E-state index in [9.17, 15) is 9.59 Å². The van der Waals surface area contributed by atoms with Crippen LogP contribution in [0.25, 0.3) is 0 Å². The normalized spacial score (nSPS) is 15.6. The number of nitrogens with one attached hydrogen (secondary N) is 1. The quantitative estimate of drug-likeness (QED) is 0.862. The molecule has 6 heteroatoms. The standard InChI is InChI=1S/C21H25ClN2O3/c1-14-18(10-13-27-14)19(25)23-17-8-11-24(12-9-17)20(26)21(2,3)15-4-6-16(22)7-5-15/h4-7,10,13,17H,8-9,11-12H2,1-3H3,(H,23,25). The van der Waals surface area contributed by atoms with E-state index in [1.807, 2.05) is 43.0 Å². The highest BCUT2D eigenvalue weighted by atomic mass is 35.5. The van der Waals surface area contributed by atoms with E-state index in [-0.39, 0.29) is 17.9 Å². The van der Waals surface area contributed by atoms with Crippen LogP contribution in [0.1, 0.15) is 48.4 Å². The van der Waals surface area contributed by atoms with Gasteiger partial charge in [0.25, 0.3) is 5.91 Å². The molecule has 0 unspecified atom stereocenters. The second-order valence-corrected chi connectivity index (χ2v) is 8.00. The van der Waals surface area contributed by atoms with Crippen molar-refractivity contribution in [1.29, 1.82) is 0 Å².